The number of aryl methyl sites for hydroxylation is 1. The standard InChI is InChI=1S/C17H21N3O2.2ClH/c1-12-14(5-6-15(19-12)16-4-3-9-22-16)17(21)20-8-7-13(11-20)10-18-2;;/h3-6,9,13,18H,7-8,10-11H2,1-2H3;2*1H. The lowest BCUT2D eigenvalue weighted by molar-refractivity contribution is 0.0786. The molecule has 1 N–H and O–H groups in total. The van der Waals surface area contributed by atoms with Gasteiger partial charge in [-0.3, -0.25) is 4.79 Å². The van der Waals surface area contributed by atoms with Gasteiger partial charge in [0.25, 0.3) is 5.91 Å². The highest BCUT2D eigenvalue weighted by Crippen LogP contribution is 2.22. The topological polar surface area (TPSA) is 58.4 Å². The van der Waals surface area contributed by atoms with E-state index in [1.807, 2.05) is 43.1 Å². The number of hydrogen-bond acceptors (Lipinski definition) is 4. The molecule has 2 aromatic rings. The third-order valence-electron chi connectivity index (χ3n) is 4.16. The van der Waals surface area contributed by atoms with E-state index in [0.29, 0.717) is 11.5 Å². The first-order chi connectivity index (χ1) is 10.7. The molecule has 1 aliphatic rings. The van der Waals surface area contributed by atoms with Gasteiger partial charge in [0.05, 0.1) is 17.5 Å². The van der Waals surface area contributed by atoms with Crippen LogP contribution in [0.2, 0.25) is 0 Å². The molecule has 1 saturated heterocycles. The number of nitrogens with one attached hydrogen (secondary N) is 1. The number of aromatic nitrogens is 1. The zero-order chi connectivity index (χ0) is 15.5. The van der Waals surface area contributed by atoms with Crippen LogP contribution in [0.25, 0.3) is 11.5 Å². The Morgan fingerprint density at radius 3 is 2.79 bits per heavy atom. The lowest BCUT2D eigenvalue weighted by atomic mass is 10.1. The third-order valence-corrected chi connectivity index (χ3v) is 4.16. The smallest absolute Gasteiger partial charge is 0.255 e. The summed E-state index contributed by atoms with van der Waals surface area (Å²) in [4.78, 5) is 19.1. The molecule has 3 heterocycles. The Balaban J connectivity index is 0.00000144. The Morgan fingerprint density at radius 2 is 2.17 bits per heavy atom. The molecule has 3 rings (SSSR count). The maximum absolute atomic E-state index is 12.7. The molecule has 1 atom stereocenters. The summed E-state index contributed by atoms with van der Waals surface area (Å²) in [6, 6.07) is 7.40. The third kappa shape index (κ3) is 4.29. The Kier molecular flexibility index (Phi) is 7.73. The second-order valence-electron chi connectivity index (χ2n) is 5.77. The SMILES string of the molecule is CNCC1CCN(C(=O)c2ccc(-c3ccco3)nc2C)C1.Cl.Cl. The molecule has 0 bridgehead atoms. The molecule has 0 spiro atoms. The lowest BCUT2D eigenvalue weighted by Crippen LogP contribution is -2.31. The van der Waals surface area contributed by atoms with Crippen molar-refractivity contribution in [2.75, 3.05) is 26.7 Å². The number of hydrogen-bond donors (Lipinski definition) is 1. The molecule has 0 aromatic carbocycles. The molecular weight excluding hydrogens is 349 g/mol. The van der Waals surface area contributed by atoms with Gasteiger partial charge in [0, 0.05) is 13.1 Å². The van der Waals surface area contributed by atoms with E-state index in [-0.39, 0.29) is 30.7 Å². The van der Waals surface area contributed by atoms with Gasteiger partial charge in [0.2, 0.25) is 0 Å². The zero-order valence-electron chi connectivity index (χ0n) is 13.8. The maximum atomic E-state index is 12.7. The number of pyridine rings is 1. The minimum absolute atomic E-state index is 0. The Morgan fingerprint density at radius 1 is 1.38 bits per heavy atom. The first-order valence-corrected chi connectivity index (χ1v) is 7.64. The molecule has 2 aromatic heterocycles. The van der Waals surface area contributed by atoms with Crippen molar-refractivity contribution in [1.29, 1.82) is 0 Å². The normalized spacial score (nSPS) is 16.4. The highest BCUT2D eigenvalue weighted by Gasteiger charge is 2.27. The van der Waals surface area contributed by atoms with Crippen molar-refractivity contribution in [3.8, 4) is 11.5 Å². The van der Waals surface area contributed by atoms with Crippen LogP contribution in [0, 0.1) is 12.8 Å². The van der Waals surface area contributed by atoms with E-state index in [1.165, 1.54) is 0 Å². The second kappa shape index (κ2) is 9.06. The van der Waals surface area contributed by atoms with Crippen molar-refractivity contribution in [2.45, 2.75) is 13.3 Å². The highest BCUT2D eigenvalue weighted by molar-refractivity contribution is 5.95. The number of furan rings is 1. The number of halogens is 2. The fourth-order valence-corrected chi connectivity index (χ4v) is 2.99. The molecular formula is C17H23Cl2N3O2. The van der Waals surface area contributed by atoms with Crippen LogP contribution in [0.5, 0.6) is 0 Å². The Labute approximate surface area is 154 Å². The molecule has 1 aliphatic heterocycles. The first-order valence-electron chi connectivity index (χ1n) is 7.64. The minimum Gasteiger partial charge on any atom is -0.463 e. The summed E-state index contributed by atoms with van der Waals surface area (Å²) < 4.78 is 5.35. The van der Waals surface area contributed by atoms with Crippen LogP contribution in [0.1, 0.15) is 22.5 Å². The fourth-order valence-electron chi connectivity index (χ4n) is 2.99. The average molecular weight is 372 g/mol. The summed E-state index contributed by atoms with van der Waals surface area (Å²) in [6.07, 6.45) is 2.68. The van der Waals surface area contributed by atoms with Crippen LogP contribution in [-0.2, 0) is 0 Å². The Hall–Kier alpha value is -1.56. The van der Waals surface area contributed by atoms with Crippen molar-refractivity contribution in [3.05, 3.63) is 41.8 Å². The quantitative estimate of drug-likeness (QED) is 0.896. The van der Waals surface area contributed by atoms with Crippen molar-refractivity contribution in [2.24, 2.45) is 5.92 Å². The minimum atomic E-state index is 0. The molecule has 0 saturated carbocycles. The number of rotatable bonds is 4. The summed E-state index contributed by atoms with van der Waals surface area (Å²) in [6.45, 7) is 4.48. The number of carbonyl (C=O) groups is 1. The van der Waals surface area contributed by atoms with Crippen LogP contribution in [0.4, 0.5) is 0 Å². The van der Waals surface area contributed by atoms with Crippen LogP contribution in [-0.4, -0.2) is 42.5 Å². The lowest BCUT2D eigenvalue weighted by Gasteiger charge is -2.17. The van der Waals surface area contributed by atoms with E-state index < -0.39 is 0 Å². The van der Waals surface area contributed by atoms with E-state index in [2.05, 4.69) is 10.3 Å². The Bertz CT molecular complexity index is 662. The molecule has 1 fully saturated rings. The van der Waals surface area contributed by atoms with Gasteiger partial charge in [0.1, 0.15) is 5.69 Å². The van der Waals surface area contributed by atoms with Crippen molar-refractivity contribution >= 4 is 30.7 Å². The molecule has 1 amide bonds. The van der Waals surface area contributed by atoms with E-state index in [0.717, 1.165) is 43.2 Å². The second-order valence-corrected chi connectivity index (χ2v) is 5.77. The molecule has 24 heavy (non-hydrogen) atoms. The van der Waals surface area contributed by atoms with E-state index in [9.17, 15) is 4.79 Å². The maximum Gasteiger partial charge on any atom is 0.255 e. The molecule has 132 valence electrons. The molecule has 7 heteroatoms. The monoisotopic (exact) mass is 371 g/mol. The predicted molar refractivity (Wildman–Crippen MR) is 99.1 cm³/mol. The van der Waals surface area contributed by atoms with Gasteiger partial charge in [-0.2, -0.15) is 0 Å². The summed E-state index contributed by atoms with van der Waals surface area (Å²) in [5.74, 6) is 1.34. The fraction of sp³-hybridized carbons (Fsp3) is 0.412. The van der Waals surface area contributed by atoms with Gasteiger partial charge in [-0.1, -0.05) is 0 Å². The number of likely N-dealkylation sites (tertiary alicyclic amines) is 1. The predicted octanol–water partition coefficient (Wildman–Crippen LogP) is 3.18. The number of amides is 1. The largest absolute Gasteiger partial charge is 0.463 e. The first kappa shape index (κ1) is 20.5. The van der Waals surface area contributed by atoms with E-state index in [1.54, 1.807) is 6.26 Å². The van der Waals surface area contributed by atoms with Gasteiger partial charge in [0.15, 0.2) is 5.76 Å². The molecule has 0 radical (unpaired) electrons. The van der Waals surface area contributed by atoms with Gasteiger partial charge in [-0.15, -0.1) is 24.8 Å². The molecule has 0 aliphatic carbocycles. The van der Waals surface area contributed by atoms with Crippen molar-refractivity contribution < 1.29 is 9.21 Å². The van der Waals surface area contributed by atoms with Crippen molar-refractivity contribution in [3.63, 3.8) is 0 Å². The summed E-state index contributed by atoms with van der Waals surface area (Å²) in [5, 5.41) is 3.18. The summed E-state index contributed by atoms with van der Waals surface area (Å²) in [5.41, 5.74) is 2.19. The van der Waals surface area contributed by atoms with Gasteiger partial charge in [-0.05, 0) is 57.1 Å². The van der Waals surface area contributed by atoms with E-state index >= 15 is 0 Å². The van der Waals surface area contributed by atoms with Gasteiger partial charge >= 0.3 is 0 Å². The van der Waals surface area contributed by atoms with Crippen LogP contribution in [0.15, 0.2) is 34.9 Å². The van der Waals surface area contributed by atoms with Gasteiger partial charge in [-0.25, -0.2) is 4.98 Å². The number of carbonyl (C=O) groups excluding carboxylic acids is 1. The van der Waals surface area contributed by atoms with E-state index in [4.69, 9.17) is 4.42 Å². The zero-order valence-corrected chi connectivity index (χ0v) is 15.5. The number of nitrogens with zero attached hydrogens (tertiary/aromatic N) is 2. The highest BCUT2D eigenvalue weighted by atomic mass is 35.5. The molecule has 1 unspecified atom stereocenters. The van der Waals surface area contributed by atoms with Gasteiger partial charge < -0.3 is 14.6 Å². The summed E-state index contributed by atoms with van der Waals surface area (Å²) in [7, 11) is 1.95. The average Bonchev–Trinajstić information content (AvgIpc) is 3.18. The van der Waals surface area contributed by atoms with Crippen LogP contribution < -0.4 is 5.32 Å². The summed E-state index contributed by atoms with van der Waals surface area (Å²) >= 11 is 0. The van der Waals surface area contributed by atoms with Crippen molar-refractivity contribution in [1.82, 2.24) is 15.2 Å². The molecule has 5 nitrogen and oxygen atoms in total. The van der Waals surface area contributed by atoms with Crippen LogP contribution in [0.3, 0.4) is 0 Å². The van der Waals surface area contributed by atoms with Crippen LogP contribution >= 0.6 is 24.8 Å².